The molecule has 188 valence electrons. The molecule has 0 aliphatic rings. The Balaban J connectivity index is 1.33. The zero-order valence-corrected chi connectivity index (χ0v) is 22.2. The lowest BCUT2D eigenvalue weighted by molar-refractivity contribution is 0.669. The van der Waals surface area contributed by atoms with Crippen LogP contribution in [0, 0.1) is 0 Å². The van der Waals surface area contributed by atoms with Gasteiger partial charge in [0.15, 0.2) is 5.82 Å². The van der Waals surface area contributed by atoms with Crippen LogP contribution in [0.5, 0.6) is 0 Å². The van der Waals surface area contributed by atoms with E-state index in [1.165, 1.54) is 15.6 Å². The Labute approximate surface area is 235 Å². The molecule has 0 bridgehead atoms. The third kappa shape index (κ3) is 3.98. The maximum Gasteiger partial charge on any atom is 0.170 e. The summed E-state index contributed by atoms with van der Waals surface area (Å²) in [6, 6.07) is 46.2. The number of rotatable bonds is 4. The molecule has 0 atom stereocenters. The molecule has 40 heavy (non-hydrogen) atoms. The van der Waals surface area contributed by atoms with Gasteiger partial charge in [0, 0.05) is 26.6 Å². The van der Waals surface area contributed by atoms with Crippen LogP contribution in [0.4, 0.5) is 0 Å². The highest BCUT2D eigenvalue weighted by Gasteiger charge is 2.15. The summed E-state index contributed by atoms with van der Waals surface area (Å²) < 4.78 is 7.31. The normalized spacial score (nSPS) is 11.5. The molecule has 0 aliphatic heterocycles. The van der Waals surface area contributed by atoms with E-state index in [9.17, 15) is 0 Å². The molecule has 0 amide bonds. The molecular formula is C36H22N2OS. The van der Waals surface area contributed by atoms with Crippen molar-refractivity contribution in [1.82, 2.24) is 9.97 Å². The zero-order valence-electron chi connectivity index (χ0n) is 21.4. The van der Waals surface area contributed by atoms with Crippen molar-refractivity contribution in [2.75, 3.05) is 0 Å². The fraction of sp³-hybridized carbons (Fsp3) is 0. The van der Waals surface area contributed by atoms with E-state index < -0.39 is 0 Å². The number of hydrogen-bond donors (Lipinski definition) is 0. The molecule has 3 nitrogen and oxygen atoms in total. The van der Waals surface area contributed by atoms with Crippen LogP contribution in [0.1, 0.15) is 0 Å². The van der Waals surface area contributed by atoms with Gasteiger partial charge in [0.25, 0.3) is 0 Å². The molecule has 0 aliphatic carbocycles. The number of para-hydroxylation sites is 1. The molecule has 3 aromatic heterocycles. The van der Waals surface area contributed by atoms with Gasteiger partial charge < -0.3 is 4.42 Å². The molecule has 8 rings (SSSR count). The third-order valence-electron chi connectivity index (χ3n) is 7.31. The molecule has 5 aromatic carbocycles. The molecule has 8 aromatic rings. The van der Waals surface area contributed by atoms with Crippen LogP contribution in [-0.4, -0.2) is 9.97 Å². The predicted octanol–water partition coefficient (Wildman–Crippen LogP) is 10.3. The first-order valence-corrected chi connectivity index (χ1v) is 14.1. The SMILES string of the molecule is c1ccc(-c2cccc(-c3cc(-c4ccc5oc6ccccc6c5c4)nc(-c4cc5ccccc5s4)n3)c2)cc1. The van der Waals surface area contributed by atoms with E-state index in [0.29, 0.717) is 0 Å². The zero-order chi connectivity index (χ0) is 26.5. The molecule has 0 saturated carbocycles. The van der Waals surface area contributed by atoms with Gasteiger partial charge in [-0.15, -0.1) is 11.3 Å². The minimum Gasteiger partial charge on any atom is -0.456 e. The van der Waals surface area contributed by atoms with Crippen LogP contribution < -0.4 is 0 Å². The van der Waals surface area contributed by atoms with Gasteiger partial charge >= 0.3 is 0 Å². The second kappa shape index (κ2) is 9.30. The van der Waals surface area contributed by atoms with Gasteiger partial charge in [-0.2, -0.15) is 0 Å². The van der Waals surface area contributed by atoms with Crippen LogP contribution >= 0.6 is 11.3 Å². The number of benzene rings is 5. The predicted molar refractivity (Wildman–Crippen MR) is 166 cm³/mol. The first-order valence-electron chi connectivity index (χ1n) is 13.2. The van der Waals surface area contributed by atoms with Crippen molar-refractivity contribution >= 4 is 43.4 Å². The molecule has 0 saturated heterocycles. The summed E-state index contributed by atoms with van der Waals surface area (Å²) >= 11 is 1.72. The molecule has 3 heterocycles. The minimum atomic E-state index is 0.732. The average Bonchev–Trinajstić information content (AvgIpc) is 3.63. The summed E-state index contributed by atoms with van der Waals surface area (Å²) in [6.45, 7) is 0. The first-order chi connectivity index (χ1) is 19.8. The molecule has 0 fully saturated rings. The Morgan fingerprint density at radius 1 is 0.475 bits per heavy atom. The lowest BCUT2D eigenvalue weighted by Gasteiger charge is -2.10. The Bertz CT molecular complexity index is 2140. The van der Waals surface area contributed by atoms with E-state index >= 15 is 0 Å². The summed E-state index contributed by atoms with van der Waals surface area (Å²) in [5, 5.41) is 3.40. The number of nitrogens with zero attached hydrogens (tertiary/aromatic N) is 2. The fourth-order valence-electron chi connectivity index (χ4n) is 5.32. The van der Waals surface area contributed by atoms with Gasteiger partial charge in [0.2, 0.25) is 0 Å². The van der Waals surface area contributed by atoms with Crippen LogP contribution in [0.3, 0.4) is 0 Å². The Morgan fingerprint density at radius 3 is 2.05 bits per heavy atom. The maximum atomic E-state index is 6.09. The highest BCUT2D eigenvalue weighted by molar-refractivity contribution is 7.22. The lowest BCUT2D eigenvalue weighted by Crippen LogP contribution is -1.95. The van der Waals surface area contributed by atoms with Crippen molar-refractivity contribution in [3.8, 4) is 44.3 Å². The third-order valence-corrected chi connectivity index (χ3v) is 8.42. The molecule has 0 N–H and O–H groups in total. The highest BCUT2D eigenvalue weighted by atomic mass is 32.1. The maximum absolute atomic E-state index is 6.09. The van der Waals surface area contributed by atoms with Crippen molar-refractivity contribution in [2.24, 2.45) is 0 Å². The monoisotopic (exact) mass is 530 g/mol. The quantitative estimate of drug-likeness (QED) is 0.227. The van der Waals surface area contributed by atoms with Crippen molar-refractivity contribution in [2.45, 2.75) is 0 Å². The summed E-state index contributed by atoms with van der Waals surface area (Å²) in [6.07, 6.45) is 0. The Hall–Kier alpha value is -5.06. The van der Waals surface area contributed by atoms with Gasteiger partial charge in [-0.25, -0.2) is 9.97 Å². The van der Waals surface area contributed by atoms with Gasteiger partial charge in [0.1, 0.15) is 11.2 Å². The molecule has 0 radical (unpaired) electrons. The number of hydrogen-bond acceptors (Lipinski definition) is 4. The molecule has 0 unspecified atom stereocenters. The summed E-state index contributed by atoms with van der Waals surface area (Å²) in [5.74, 6) is 0.732. The minimum absolute atomic E-state index is 0.732. The van der Waals surface area contributed by atoms with Crippen molar-refractivity contribution in [3.05, 3.63) is 133 Å². The van der Waals surface area contributed by atoms with Gasteiger partial charge in [-0.3, -0.25) is 0 Å². The van der Waals surface area contributed by atoms with E-state index in [4.69, 9.17) is 14.4 Å². The lowest BCUT2D eigenvalue weighted by atomic mass is 10.0. The van der Waals surface area contributed by atoms with Crippen LogP contribution in [0.15, 0.2) is 138 Å². The van der Waals surface area contributed by atoms with E-state index in [1.54, 1.807) is 11.3 Å². The van der Waals surface area contributed by atoms with Crippen molar-refractivity contribution in [3.63, 3.8) is 0 Å². The number of aromatic nitrogens is 2. The van der Waals surface area contributed by atoms with Crippen molar-refractivity contribution < 1.29 is 4.42 Å². The van der Waals surface area contributed by atoms with E-state index in [1.807, 2.05) is 30.3 Å². The van der Waals surface area contributed by atoms with E-state index in [-0.39, 0.29) is 0 Å². The smallest absolute Gasteiger partial charge is 0.170 e. The number of fused-ring (bicyclic) bond motifs is 4. The van der Waals surface area contributed by atoms with E-state index in [0.717, 1.165) is 60.7 Å². The standard InChI is InChI=1S/C36H22N2OS/c1-2-9-23(10-3-1)24-12-8-13-25(19-24)30-22-31(38-36(37-30)35-21-27-11-4-7-16-34(27)40-35)26-17-18-33-29(20-26)28-14-5-6-15-32(28)39-33/h1-22H. The first kappa shape index (κ1) is 22.9. The van der Waals surface area contributed by atoms with Crippen molar-refractivity contribution in [1.29, 1.82) is 0 Å². The Kier molecular flexibility index (Phi) is 5.32. The molecule has 4 heteroatoms. The highest BCUT2D eigenvalue weighted by Crippen LogP contribution is 2.37. The number of furan rings is 1. The van der Waals surface area contributed by atoms with E-state index in [2.05, 4.69) is 103 Å². The largest absolute Gasteiger partial charge is 0.456 e. The van der Waals surface area contributed by atoms with Crippen LogP contribution in [0.2, 0.25) is 0 Å². The topological polar surface area (TPSA) is 38.9 Å². The van der Waals surface area contributed by atoms with Crippen LogP contribution in [-0.2, 0) is 0 Å². The molecular weight excluding hydrogens is 508 g/mol. The van der Waals surface area contributed by atoms with Gasteiger partial charge in [-0.1, -0.05) is 84.9 Å². The summed E-state index contributed by atoms with van der Waals surface area (Å²) in [4.78, 5) is 11.3. The fourth-order valence-corrected chi connectivity index (χ4v) is 6.32. The van der Waals surface area contributed by atoms with Gasteiger partial charge in [-0.05, 0) is 65.0 Å². The summed E-state index contributed by atoms with van der Waals surface area (Å²) in [5.41, 5.74) is 7.98. The second-order valence-corrected chi connectivity index (χ2v) is 11.0. The number of thiophene rings is 1. The van der Waals surface area contributed by atoms with Crippen LogP contribution in [0.25, 0.3) is 76.4 Å². The second-order valence-electron chi connectivity index (χ2n) is 9.87. The van der Waals surface area contributed by atoms with Gasteiger partial charge in [0.05, 0.1) is 16.3 Å². The Morgan fingerprint density at radius 2 is 1.18 bits per heavy atom. The summed E-state index contributed by atoms with van der Waals surface area (Å²) in [7, 11) is 0. The molecule has 0 spiro atoms. The average molecular weight is 531 g/mol.